The predicted octanol–water partition coefficient (Wildman–Crippen LogP) is 5.61. The number of rotatable bonds is 7. The van der Waals surface area contributed by atoms with Crippen LogP contribution in [0, 0.1) is 5.92 Å². The number of fused-ring (bicyclic) bond motifs is 5. The summed E-state index contributed by atoms with van der Waals surface area (Å²) in [4.78, 5) is 18.0. The smallest absolute Gasteiger partial charge is 0.229 e. The number of carbonyl (C=O) groups is 1. The third-order valence-corrected chi connectivity index (χ3v) is 10.9. The minimum Gasteiger partial charge on any atom is -0.495 e. The van der Waals surface area contributed by atoms with E-state index in [4.69, 9.17) is 35.3 Å². The van der Waals surface area contributed by atoms with Crippen LogP contribution in [0.25, 0.3) is 0 Å². The Morgan fingerprint density at radius 1 is 1.23 bits per heavy atom. The van der Waals surface area contributed by atoms with Gasteiger partial charge in [0.2, 0.25) is 5.91 Å². The Morgan fingerprint density at radius 2 is 1.92 bits per heavy atom. The Bertz CT molecular complexity index is 1400. The SMILES string of the molecule is C=C1N[C@]2(O)C[C@H](O1)[C@@H](C)[C@@H]1O[C@@]1(C)[C@@H](OC(C)[C@H](C)N(C)C(C)C)CC(=O)N(C)c1cc(cc(OC)c1Cl)C/C(C)=C/C=C/[C@H]2OC. The summed E-state index contributed by atoms with van der Waals surface area (Å²) in [5.41, 5.74) is 0.239. The van der Waals surface area contributed by atoms with Crippen LogP contribution in [0.2, 0.25) is 5.02 Å². The molecule has 4 bridgehead atoms. The zero-order valence-electron chi connectivity index (χ0n) is 30.5. The van der Waals surface area contributed by atoms with Gasteiger partial charge in [0.05, 0.1) is 37.5 Å². The summed E-state index contributed by atoms with van der Waals surface area (Å²) < 4.78 is 30.9. The molecular weight excluding hydrogens is 634 g/mol. The molecule has 3 heterocycles. The summed E-state index contributed by atoms with van der Waals surface area (Å²) >= 11 is 6.82. The van der Waals surface area contributed by atoms with Gasteiger partial charge in [-0.3, -0.25) is 9.69 Å². The zero-order valence-corrected chi connectivity index (χ0v) is 31.3. The summed E-state index contributed by atoms with van der Waals surface area (Å²) in [7, 11) is 6.93. The number of anilines is 1. The van der Waals surface area contributed by atoms with Gasteiger partial charge in [0.1, 0.15) is 28.6 Å². The van der Waals surface area contributed by atoms with Gasteiger partial charge in [-0.1, -0.05) is 42.3 Å². The Balaban J connectivity index is 1.79. The third-order valence-electron chi connectivity index (χ3n) is 10.5. The first-order valence-electron chi connectivity index (χ1n) is 16.9. The van der Waals surface area contributed by atoms with E-state index in [2.05, 4.69) is 44.6 Å². The number of benzene rings is 1. The monoisotopic (exact) mass is 689 g/mol. The van der Waals surface area contributed by atoms with Gasteiger partial charge in [-0.2, -0.15) is 0 Å². The molecule has 3 aliphatic heterocycles. The van der Waals surface area contributed by atoms with Crippen LogP contribution >= 0.6 is 11.6 Å². The molecule has 2 saturated heterocycles. The van der Waals surface area contributed by atoms with E-state index in [0.29, 0.717) is 28.9 Å². The van der Waals surface area contributed by atoms with Crippen molar-refractivity contribution in [3.63, 3.8) is 0 Å². The molecule has 1 aromatic rings. The number of allylic oxidation sites excluding steroid dienone is 3. The molecule has 48 heavy (non-hydrogen) atoms. The molecular formula is C37H56ClN3O7. The Labute approximate surface area is 292 Å². The fourth-order valence-corrected chi connectivity index (χ4v) is 7.23. The molecule has 9 atom stereocenters. The second-order valence-electron chi connectivity index (χ2n) is 14.3. The van der Waals surface area contributed by atoms with Crippen LogP contribution in [0.15, 0.2) is 48.4 Å². The van der Waals surface area contributed by atoms with E-state index >= 15 is 0 Å². The summed E-state index contributed by atoms with van der Waals surface area (Å²) in [6.07, 6.45) is 4.26. The zero-order chi connectivity index (χ0) is 35.7. The first-order chi connectivity index (χ1) is 22.4. The number of ether oxygens (including phenoxy) is 5. The molecule has 2 fully saturated rings. The van der Waals surface area contributed by atoms with Crippen molar-refractivity contribution >= 4 is 23.2 Å². The molecule has 1 aromatic carbocycles. The van der Waals surface area contributed by atoms with E-state index in [9.17, 15) is 9.90 Å². The summed E-state index contributed by atoms with van der Waals surface area (Å²) in [5, 5.41) is 15.3. The second-order valence-corrected chi connectivity index (χ2v) is 14.6. The van der Waals surface area contributed by atoms with Crippen LogP contribution in [-0.4, -0.2) is 98.2 Å². The van der Waals surface area contributed by atoms with Gasteiger partial charge >= 0.3 is 0 Å². The predicted molar refractivity (Wildman–Crippen MR) is 189 cm³/mol. The molecule has 1 amide bonds. The molecule has 3 aliphatic rings. The van der Waals surface area contributed by atoms with Crippen molar-refractivity contribution in [1.82, 2.24) is 10.2 Å². The number of hydrogen-bond donors (Lipinski definition) is 2. The highest BCUT2D eigenvalue weighted by Gasteiger charge is 2.63. The number of likely N-dealkylation sites (N-methyl/N-ethyl adjacent to an activating group) is 1. The molecule has 268 valence electrons. The van der Waals surface area contributed by atoms with E-state index < -0.39 is 29.6 Å². The minimum absolute atomic E-state index is 0.0554. The first-order valence-corrected chi connectivity index (χ1v) is 17.2. The van der Waals surface area contributed by atoms with E-state index in [1.807, 2.05) is 58.1 Å². The summed E-state index contributed by atoms with van der Waals surface area (Å²) in [5.74, 6) is 0.381. The molecule has 0 aromatic heterocycles. The summed E-state index contributed by atoms with van der Waals surface area (Å²) in [6.45, 7) is 18.5. The van der Waals surface area contributed by atoms with Crippen LogP contribution in [-0.2, 0) is 30.2 Å². The fourth-order valence-electron chi connectivity index (χ4n) is 6.91. The number of halogens is 1. The molecule has 0 spiro atoms. The second kappa shape index (κ2) is 15.1. The van der Waals surface area contributed by atoms with Gasteiger partial charge in [-0.15, -0.1) is 0 Å². The molecule has 2 N–H and O–H groups in total. The average molecular weight is 690 g/mol. The molecule has 10 nitrogen and oxygen atoms in total. The largest absolute Gasteiger partial charge is 0.495 e. The maximum atomic E-state index is 14.2. The van der Waals surface area contributed by atoms with Crippen LogP contribution in [0.5, 0.6) is 5.75 Å². The number of nitrogens with zero attached hydrogens (tertiary/aromatic N) is 2. The topological polar surface area (TPSA) is 105 Å². The van der Waals surface area contributed by atoms with Crippen LogP contribution < -0.4 is 15.0 Å². The van der Waals surface area contributed by atoms with E-state index in [-0.39, 0.29) is 48.8 Å². The van der Waals surface area contributed by atoms with Gasteiger partial charge in [0.25, 0.3) is 0 Å². The number of epoxide rings is 1. The van der Waals surface area contributed by atoms with Gasteiger partial charge in [0.15, 0.2) is 11.6 Å². The molecule has 11 heteroatoms. The average Bonchev–Trinajstić information content (AvgIpc) is 3.73. The van der Waals surface area contributed by atoms with Gasteiger partial charge in [-0.05, 0) is 79.3 Å². The first kappa shape index (κ1) is 38.2. The van der Waals surface area contributed by atoms with Crippen molar-refractivity contribution in [2.45, 2.75) is 122 Å². The molecule has 0 aliphatic carbocycles. The standard InChI is InChI=1S/C37H56ClN3O7/c1-21(2)40(9)24(5)25(6)46-32-19-33(42)41(10)28-17-27(18-29(44-11)34(28)38)16-22(3)14-13-15-31(45-12)37(43)20-30(47-26(7)39-37)23(4)35-36(32,8)48-35/h13-15,17-18,21,23-25,30-32,35,39,43H,7,16,19-20H2,1-6,8-12H3/b15-13+,22-14+/t23-,24+,25?,30+,31-,32+,35+,36+,37+/m1/s1. The lowest BCUT2D eigenvalue weighted by molar-refractivity contribution is -0.158. The summed E-state index contributed by atoms with van der Waals surface area (Å²) in [6, 6.07) is 4.20. The maximum absolute atomic E-state index is 14.2. The molecule has 1 unspecified atom stereocenters. The van der Waals surface area contributed by atoms with E-state index in [0.717, 1.165) is 11.1 Å². The number of hydrogen-bond acceptors (Lipinski definition) is 9. The maximum Gasteiger partial charge on any atom is 0.229 e. The minimum atomic E-state index is -1.48. The van der Waals surface area contributed by atoms with Crippen molar-refractivity contribution in [2.24, 2.45) is 5.92 Å². The van der Waals surface area contributed by atoms with E-state index in [1.54, 1.807) is 26.2 Å². The van der Waals surface area contributed by atoms with Gasteiger partial charge in [0, 0.05) is 38.6 Å². The Morgan fingerprint density at radius 3 is 2.54 bits per heavy atom. The lowest BCUT2D eigenvalue weighted by Crippen LogP contribution is -2.60. The van der Waals surface area contributed by atoms with Crippen LogP contribution in [0.1, 0.15) is 66.9 Å². The Hall–Kier alpha value is -2.60. The Kier molecular flexibility index (Phi) is 12.0. The van der Waals surface area contributed by atoms with Crippen molar-refractivity contribution in [1.29, 1.82) is 0 Å². The number of carbonyl (C=O) groups excluding carboxylic acids is 1. The lowest BCUT2D eigenvalue weighted by atomic mass is 9.83. The highest BCUT2D eigenvalue weighted by atomic mass is 35.5. The van der Waals surface area contributed by atoms with Crippen LogP contribution in [0.3, 0.4) is 0 Å². The van der Waals surface area contributed by atoms with Crippen LogP contribution in [0.4, 0.5) is 5.69 Å². The number of aliphatic hydroxyl groups is 1. The van der Waals surface area contributed by atoms with Crippen molar-refractivity contribution < 1.29 is 33.6 Å². The van der Waals surface area contributed by atoms with Crippen molar-refractivity contribution in [2.75, 3.05) is 33.2 Å². The van der Waals surface area contributed by atoms with Crippen molar-refractivity contribution in [3.05, 3.63) is 59.0 Å². The van der Waals surface area contributed by atoms with E-state index in [1.165, 1.54) is 0 Å². The lowest BCUT2D eigenvalue weighted by Gasteiger charge is -2.44. The fraction of sp³-hybridized carbons (Fsp3) is 0.649. The van der Waals surface area contributed by atoms with Gasteiger partial charge in [-0.25, -0.2) is 0 Å². The highest BCUT2D eigenvalue weighted by molar-refractivity contribution is 6.35. The number of nitrogens with one attached hydrogen (secondary N) is 1. The highest BCUT2D eigenvalue weighted by Crippen LogP contribution is 2.49. The van der Waals surface area contributed by atoms with Gasteiger partial charge < -0.3 is 39.0 Å². The third kappa shape index (κ3) is 8.06. The molecule has 0 radical (unpaired) electrons. The number of amides is 1. The number of methoxy groups -OCH3 is 2. The molecule has 4 rings (SSSR count). The quantitative estimate of drug-likeness (QED) is 0.354. The molecule has 0 saturated carbocycles. The normalized spacial score (nSPS) is 34.4. The van der Waals surface area contributed by atoms with Crippen molar-refractivity contribution in [3.8, 4) is 5.75 Å².